The number of carbonyl (C=O) groups is 2. The fourth-order valence-electron chi connectivity index (χ4n) is 2.95. The number of hydrogen-bond acceptors (Lipinski definition) is 7. The Bertz CT molecular complexity index is 1310. The number of nitrogens with one attached hydrogen (secondary N) is 2. The van der Waals surface area contributed by atoms with Crippen molar-refractivity contribution in [3.63, 3.8) is 0 Å². The van der Waals surface area contributed by atoms with Crippen molar-refractivity contribution in [1.82, 2.24) is 19.4 Å². The lowest BCUT2D eigenvalue weighted by Gasteiger charge is -2.09. The van der Waals surface area contributed by atoms with Crippen LogP contribution in [0.25, 0.3) is 17.0 Å². The van der Waals surface area contributed by atoms with E-state index in [9.17, 15) is 9.59 Å². The zero-order valence-corrected chi connectivity index (χ0v) is 18.2. The molecule has 0 aliphatic rings. The van der Waals surface area contributed by atoms with Crippen molar-refractivity contribution in [2.45, 2.75) is 26.9 Å². The average molecular weight is 455 g/mol. The Kier molecular flexibility index (Phi) is 5.78. The Morgan fingerprint density at radius 3 is 2.69 bits per heavy atom. The standard InChI is InChI=1S/C21H19ClN6O4/c1-11(2)32-21(30)26-14-7-23-20-27-17(9-28(20)8-14)15-6-13(4-5-16(15)22)25-19(29)18-12(3)24-10-31-18/h4-11H,1-3H3,(H,25,29)(H,26,30). The number of hydrogen-bond donors (Lipinski definition) is 2. The fraction of sp³-hybridized carbons (Fsp3) is 0.190. The molecule has 0 unspecified atom stereocenters. The third kappa shape index (κ3) is 4.54. The van der Waals surface area contributed by atoms with E-state index < -0.39 is 12.0 Å². The summed E-state index contributed by atoms with van der Waals surface area (Å²) in [5, 5.41) is 5.82. The van der Waals surface area contributed by atoms with Gasteiger partial charge in [0, 0.05) is 23.6 Å². The summed E-state index contributed by atoms with van der Waals surface area (Å²) < 4.78 is 11.8. The molecular weight excluding hydrogens is 436 g/mol. The molecule has 11 heteroatoms. The number of oxazole rings is 1. The molecule has 2 N–H and O–H groups in total. The summed E-state index contributed by atoms with van der Waals surface area (Å²) in [6.45, 7) is 5.20. The first-order valence-corrected chi connectivity index (χ1v) is 10.0. The SMILES string of the molecule is Cc1ncoc1C(=O)Nc1ccc(Cl)c(-c2cn3cc(NC(=O)OC(C)C)cnc3n2)c1. The maximum atomic E-state index is 12.4. The van der Waals surface area contributed by atoms with E-state index in [1.807, 2.05) is 0 Å². The first kappa shape index (κ1) is 21.3. The van der Waals surface area contributed by atoms with E-state index in [4.69, 9.17) is 20.8 Å². The van der Waals surface area contributed by atoms with Crippen LogP contribution in [0.5, 0.6) is 0 Å². The second-order valence-corrected chi connectivity index (χ2v) is 7.58. The Morgan fingerprint density at radius 2 is 1.97 bits per heavy atom. The van der Waals surface area contributed by atoms with Crippen molar-refractivity contribution in [2.24, 2.45) is 0 Å². The molecule has 3 heterocycles. The maximum absolute atomic E-state index is 12.4. The van der Waals surface area contributed by atoms with E-state index in [1.165, 1.54) is 12.6 Å². The molecule has 0 fully saturated rings. The van der Waals surface area contributed by atoms with Gasteiger partial charge in [0.25, 0.3) is 5.91 Å². The van der Waals surface area contributed by atoms with Gasteiger partial charge in [-0.3, -0.25) is 14.5 Å². The maximum Gasteiger partial charge on any atom is 0.411 e. The summed E-state index contributed by atoms with van der Waals surface area (Å²) in [6, 6.07) is 5.03. The van der Waals surface area contributed by atoms with Gasteiger partial charge in [-0.2, -0.15) is 0 Å². The van der Waals surface area contributed by atoms with Crippen molar-refractivity contribution in [3.8, 4) is 11.3 Å². The number of carbonyl (C=O) groups excluding carboxylic acids is 2. The molecule has 2 amide bonds. The molecule has 4 rings (SSSR count). The number of benzene rings is 1. The normalized spacial score (nSPS) is 11.0. The van der Waals surface area contributed by atoms with Crippen LogP contribution in [0.15, 0.2) is 47.6 Å². The predicted octanol–water partition coefficient (Wildman–Crippen LogP) is 4.56. The highest BCUT2D eigenvalue weighted by Gasteiger charge is 2.16. The van der Waals surface area contributed by atoms with Crippen molar-refractivity contribution in [2.75, 3.05) is 10.6 Å². The fourth-order valence-corrected chi connectivity index (χ4v) is 3.16. The molecule has 3 aromatic heterocycles. The van der Waals surface area contributed by atoms with Gasteiger partial charge in [-0.15, -0.1) is 0 Å². The van der Waals surface area contributed by atoms with Gasteiger partial charge in [0.15, 0.2) is 6.39 Å². The third-order valence-electron chi connectivity index (χ3n) is 4.35. The molecule has 0 spiro atoms. The number of rotatable bonds is 5. The number of halogens is 1. The number of aryl methyl sites for hydroxylation is 1. The van der Waals surface area contributed by atoms with E-state index in [0.29, 0.717) is 39.1 Å². The van der Waals surface area contributed by atoms with Crippen LogP contribution < -0.4 is 10.6 Å². The van der Waals surface area contributed by atoms with Crippen LogP contribution in [-0.4, -0.2) is 37.5 Å². The number of imidazole rings is 1. The van der Waals surface area contributed by atoms with Crippen molar-refractivity contribution in [3.05, 3.63) is 59.7 Å². The summed E-state index contributed by atoms with van der Waals surface area (Å²) in [6.07, 6.45) is 5.25. The van der Waals surface area contributed by atoms with Crippen LogP contribution in [0.3, 0.4) is 0 Å². The van der Waals surface area contributed by atoms with E-state index in [0.717, 1.165) is 0 Å². The number of amides is 2. The summed E-state index contributed by atoms with van der Waals surface area (Å²) in [4.78, 5) is 36.9. The molecule has 10 nitrogen and oxygen atoms in total. The molecule has 0 radical (unpaired) electrons. The smallest absolute Gasteiger partial charge is 0.411 e. The minimum absolute atomic E-state index is 0.134. The molecule has 4 aromatic rings. The summed E-state index contributed by atoms with van der Waals surface area (Å²) in [7, 11) is 0. The quantitative estimate of drug-likeness (QED) is 0.453. The van der Waals surface area contributed by atoms with Gasteiger partial charge >= 0.3 is 6.09 Å². The highest BCUT2D eigenvalue weighted by atomic mass is 35.5. The topological polar surface area (TPSA) is 124 Å². The summed E-state index contributed by atoms with van der Waals surface area (Å²) in [5.74, 6) is 0.119. The molecule has 0 aliphatic carbocycles. The molecule has 1 aromatic carbocycles. The van der Waals surface area contributed by atoms with Gasteiger partial charge in [0.1, 0.15) is 0 Å². The Balaban J connectivity index is 1.59. The van der Waals surface area contributed by atoms with Crippen LogP contribution in [0, 0.1) is 6.92 Å². The van der Waals surface area contributed by atoms with E-state index in [2.05, 4.69) is 25.6 Å². The lowest BCUT2D eigenvalue weighted by atomic mass is 10.1. The monoisotopic (exact) mass is 454 g/mol. The Labute approximate surface area is 187 Å². The van der Waals surface area contributed by atoms with Crippen LogP contribution in [-0.2, 0) is 4.74 Å². The van der Waals surface area contributed by atoms with Crippen molar-refractivity contribution < 1.29 is 18.7 Å². The first-order valence-electron chi connectivity index (χ1n) is 9.64. The van der Waals surface area contributed by atoms with Gasteiger partial charge in [0.2, 0.25) is 11.5 Å². The van der Waals surface area contributed by atoms with E-state index >= 15 is 0 Å². The Hall–Kier alpha value is -3.92. The molecule has 0 atom stereocenters. The third-order valence-corrected chi connectivity index (χ3v) is 4.68. The number of nitrogens with zero attached hydrogens (tertiary/aromatic N) is 4. The van der Waals surface area contributed by atoms with E-state index in [1.54, 1.807) is 55.8 Å². The zero-order valence-electron chi connectivity index (χ0n) is 17.4. The number of ether oxygens (including phenoxy) is 1. The number of aromatic nitrogens is 4. The van der Waals surface area contributed by atoms with Crippen molar-refractivity contribution >= 4 is 40.8 Å². The predicted molar refractivity (Wildman–Crippen MR) is 118 cm³/mol. The van der Waals surface area contributed by atoms with Crippen LogP contribution in [0.1, 0.15) is 30.1 Å². The molecular formula is C21H19ClN6O4. The van der Waals surface area contributed by atoms with Crippen LogP contribution >= 0.6 is 11.6 Å². The number of anilines is 2. The van der Waals surface area contributed by atoms with Gasteiger partial charge < -0.3 is 14.5 Å². The number of fused-ring (bicyclic) bond motifs is 1. The Morgan fingerprint density at radius 1 is 1.16 bits per heavy atom. The molecule has 32 heavy (non-hydrogen) atoms. The molecule has 0 bridgehead atoms. The summed E-state index contributed by atoms with van der Waals surface area (Å²) >= 11 is 6.38. The second kappa shape index (κ2) is 8.67. The largest absolute Gasteiger partial charge is 0.447 e. The average Bonchev–Trinajstić information content (AvgIpc) is 3.34. The molecule has 0 saturated heterocycles. The highest BCUT2D eigenvalue weighted by molar-refractivity contribution is 6.33. The zero-order chi connectivity index (χ0) is 22.8. The van der Waals surface area contributed by atoms with Crippen molar-refractivity contribution in [1.29, 1.82) is 0 Å². The molecule has 0 aliphatic heterocycles. The molecule has 0 saturated carbocycles. The second-order valence-electron chi connectivity index (χ2n) is 7.17. The minimum atomic E-state index is -0.574. The lowest BCUT2D eigenvalue weighted by molar-refractivity contribution is 0.0995. The van der Waals surface area contributed by atoms with Crippen LogP contribution in [0.2, 0.25) is 5.02 Å². The van der Waals surface area contributed by atoms with Gasteiger partial charge in [-0.1, -0.05) is 11.6 Å². The van der Waals surface area contributed by atoms with Crippen LogP contribution in [0.4, 0.5) is 16.2 Å². The van der Waals surface area contributed by atoms with E-state index in [-0.39, 0.29) is 11.9 Å². The molecule has 164 valence electrons. The lowest BCUT2D eigenvalue weighted by Crippen LogP contribution is -2.18. The summed E-state index contributed by atoms with van der Waals surface area (Å²) in [5.41, 5.74) is 2.58. The highest BCUT2D eigenvalue weighted by Crippen LogP contribution is 2.30. The van der Waals surface area contributed by atoms with Gasteiger partial charge in [0.05, 0.1) is 34.4 Å². The minimum Gasteiger partial charge on any atom is -0.447 e. The first-order chi connectivity index (χ1) is 15.3. The van der Waals surface area contributed by atoms with Gasteiger partial charge in [-0.05, 0) is 39.0 Å². The van der Waals surface area contributed by atoms with Gasteiger partial charge in [-0.25, -0.2) is 19.7 Å².